The van der Waals surface area contributed by atoms with Crippen molar-refractivity contribution < 1.29 is 37.7 Å². The molecule has 0 aromatic carbocycles. The van der Waals surface area contributed by atoms with Crippen LogP contribution in [0.25, 0.3) is 0 Å². The minimum atomic E-state index is -1.30. The number of carbonyl (C=O) groups excluding carboxylic acids is 3. The van der Waals surface area contributed by atoms with E-state index in [-0.39, 0.29) is 6.61 Å². The molecule has 1 saturated heterocycles. The molecule has 0 bridgehead atoms. The molecule has 11 nitrogen and oxygen atoms in total. The fourth-order valence-corrected chi connectivity index (χ4v) is 3.06. The number of ether oxygens (including phenoxy) is 4. The van der Waals surface area contributed by atoms with Gasteiger partial charge in [-0.05, 0) is 13.3 Å². The summed E-state index contributed by atoms with van der Waals surface area (Å²) >= 11 is 0. The first-order chi connectivity index (χ1) is 14.6. The number of rotatable bonds is 8. The van der Waals surface area contributed by atoms with Crippen LogP contribution in [0, 0.1) is 5.82 Å². The van der Waals surface area contributed by atoms with E-state index >= 15 is 0 Å². The lowest BCUT2D eigenvalue weighted by molar-refractivity contribution is -0.165. The predicted molar refractivity (Wildman–Crippen MR) is 104 cm³/mol. The van der Waals surface area contributed by atoms with Crippen molar-refractivity contribution >= 4 is 23.8 Å². The second kappa shape index (κ2) is 10.8. The maximum atomic E-state index is 14.5. The lowest BCUT2D eigenvalue weighted by Crippen LogP contribution is -2.40. The lowest BCUT2D eigenvalue weighted by atomic mass is 10.1. The van der Waals surface area contributed by atoms with Gasteiger partial charge in [-0.15, -0.1) is 0 Å². The van der Waals surface area contributed by atoms with Gasteiger partial charge < -0.3 is 18.9 Å². The molecule has 1 aromatic rings. The topological polar surface area (TPSA) is 135 Å². The van der Waals surface area contributed by atoms with Gasteiger partial charge in [-0.2, -0.15) is 4.98 Å². The van der Waals surface area contributed by atoms with E-state index in [0.717, 1.165) is 30.5 Å². The lowest BCUT2D eigenvalue weighted by Gasteiger charge is -2.23. The highest BCUT2D eigenvalue weighted by atomic mass is 19.1. The second-order valence-corrected chi connectivity index (χ2v) is 6.98. The molecule has 31 heavy (non-hydrogen) atoms. The molecule has 4 atom stereocenters. The zero-order valence-corrected chi connectivity index (χ0v) is 17.8. The number of hydrogen-bond acceptors (Lipinski definition) is 9. The molecule has 1 aliphatic rings. The highest BCUT2D eigenvalue weighted by molar-refractivity contribution is 5.83. The first-order valence-corrected chi connectivity index (χ1v) is 9.86. The molecule has 0 saturated carbocycles. The Morgan fingerprint density at radius 1 is 1.19 bits per heavy atom. The van der Waals surface area contributed by atoms with Crippen LogP contribution in [0.5, 0.6) is 0 Å². The molecular weight excluding hydrogens is 417 g/mol. The number of anilines is 1. The normalized spacial score (nSPS) is 22.6. The molecule has 2 rings (SSSR count). The molecule has 0 radical (unpaired) electrons. The Hall–Kier alpha value is -3.02. The van der Waals surface area contributed by atoms with Gasteiger partial charge in [-0.25, -0.2) is 14.0 Å². The van der Waals surface area contributed by atoms with E-state index in [1.165, 1.54) is 6.92 Å². The minimum absolute atomic E-state index is 0.147. The number of nitrogens with zero attached hydrogens (tertiary/aromatic N) is 2. The summed E-state index contributed by atoms with van der Waals surface area (Å²) in [7, 11) is 0. The monoisotopic (exact) mass is 443 g/mol. The zero-order valence-electron chi connectivity index (χ0n) is 17.8. The molecule has 172 valence electrons. The summed E-state index contributed by atoms with van der Waals surface area (Å²) in [6.45, 7) is 5.98. The number of halogens is 1. The predicted octanol–water partition coefficient (Wildman–Crippen LogP) is 1.90. The summed E-state index contributed by atoms with van der Waals surface area (Å²) in [6, 6.07) is 0. The summed E-state index contributed by atoms with van der Waals surface area (Å²) in [5.74, 6) is -3.02. The molecule has 1 aliphatic heterocycles. The van der Waals surface area contributed by atoms with Crippen LogP contribution < -0.4 is 11.0 Å². The van der Waals surface area contributed by atoms with E-state index in [0.29, 0.717) is 6.42 Å². The Morgan fingerprint density at radius 2 is 1.84 bits per heavy atom. The van der Waals surface area contributed by atoms with Gasteiger partial charge in [0.05, 0.1) is 18.9 Å². The van der Waals surface area contributed by atoms with Gasteiger partial charge in [0.15, 0.2) is 30.1 Å². The van der Waals surface area contributed by atoms with Crippen LogP contribution in [0.4, 0.5) is 15.0 Å². The van der Waals surface area contributed by atoms with Crippen LogP contribution in [-0.4, -0.2) is 52.5 Å². The van der Waals surface area contributed by atoms with Gasteiger partial charge in [-0.3, -0.25) is 19.5 Å². The summed E-state index contributed by atoms with van der Waals surface area (Å²) in [6.07, 6.45) is -2.02. The van der Waals surface area contributed by atoms with Crippen molar-refractivity contribution in [2.24, 2.45) is 0 Å². The number of hydrogen-bond donors (Lipinski definition) is 1. The van der Waals surface area contributed by atoms with E-state index in [2.05, 4.69) is 10.3 Å². The average Bonchev–Trinajstić information content (AvgIpc) is 2.96. The Kier molecular flexibility index (Phi) is 8.48. The fraction of sp³-hybridized carbons (Fsp3) is 0.632. The first-order valence-electron chi connectivity index (χ1n) is 9.86. The van der Waals surface area contributed by atoms with Gasteiger partial charge in [0.1, 0.15) is 0 Å². The molecule has 1 aromatic heterocycles. The third-order valence-electron chi connectivity index (χ3n) is 4.41. The average molecular weight is 443 g/mol. The second-order valence-electron chi connectivity index (χ2n) is 6.98. The molecule has 2 heterocycles. The van der Waals surface area contributed by atoms with Crippen molar-refractivity contribution in [3.05, 3.63) is 22.5 Å². The van der Waals surface area contributed by atoms with Crippen LogP contribution in [0.15, 0.2) is 11.0 Å². The van der Waals surface area contributed by atoms with Crippen LogP contribution >= 0.6 is 0 Å². The van der Waals surface area contributed by atoms with Gasteiger partial charge in [0, 0.05) is 13.8 Å². The standard InChI is InChI=1S/C19H26FN3O8/c1-5-6-7-8-28-19(27)22-16-13(20)9-23(18(26)21-16)17-15(31-12(4)25)14(10(2)29-17)30-11(3)24/h9-10,14-15,17H,5-8H2,1-4H3,(H,21,22,26,27)/t10-,14-,15-,17-/m0/s1. The molecule has 1 amide bonds. The largest absolute Gasteiger partial charge is 0.456 e. The Bertz CT molecular complexity index is 874. The van der Waals surface area contributed by atoms with Gasteiger partial charge in [-0.1, -0.05) is 19.8 Å². The Labute approximate surface area is 177 Å². The first kappa shape index (κ1) is 24.3. The van der Waals surface area contributed by atoms with E-state index in [1.807, 2.05) is 6.92 Å². The number of carbonyl (C=O) groups is 3. The maximum absolute atomic E-state index is 14.5. The highest BCUT2D eigenvalue weighted by Crippen LogP contribution is 2.33. The number of esters is 2. The molecule has 1 fully saturated rings. The molecule has 0 aliphatic carbocycles. The molecule has 12 heteroatoms. The van der Waals surface area contributed by atoms with E-state index in [4.69, 9.17) is 18.9 Å². The molecular formula is C19H26FN3O8. The molecule has 1 N–H and O–H groups in total. The summed E-state index contributed by atoms with van der Waals surface area (Å²) in [5.41, 5.74) is -0.986. The van der Waals surface area contributed by atoms with Crippen molar-refractivity contribution in [3.63, 3.8) is 0 Å². The number of unbranched alkanes of at least 4 members (excludes halogenated alkanes) is 2. The Balaban J connectivity index is 2.22. The summed E-state index contributed by atoms with van der Waals surface area (Å²) in [4.78, 5) is 50.7. The van der Waals surface area contributed by atoms with Crippen LogP contribution in [-0.2, 0) is 28.5 Å². The Morgan fingerprint density at radius 3 is 2.45 bits per heavy atom. The van der Waals surface area contributed by atoms with Crippen LogP contribution in [0.2, 0.25) is 0 Å². The van der Waals surface area contributed by atoms with Gasteiger partial charge in [0.2, 0.25) is 0 Å². The molecule has 0 spiro atoms. The van der Waals surface area contributed by atoms with E-state index in [1.54, 1.807) is 6.92 Å². The number of aromatic nitrogens is 2. The zero-order chi connectivity index (χ0) is 23.1. The quantitative estimate of drug-likeness (QED) is 0.363. The van der Waals surface area contributed by atoms with Crippen molar-refractivity contribution in [1.29, 1.82) is 0 Å². The third kappa shape index (κ3) is 6.48. The van der Waals surface area contributed by atoms with E-state index < -0.39 is 59.9 Å². The number of nitrogens with one attached hydrogen (secondary N) is 1. The summed E-state index contributed by atoms with van der Waals surface area (Å²) < 4.78 is 36.1. The minimum Gasteiger partial charge on any atom is -0.456 e. The van der Waals surface area contributed by atoms with Crippen LogP contribution in [0.1, 0.15) is 53.2 Å². The fourth-order valence-electron chi connectivity index (χ4n) is 3.06. The van der Waals surface area contributed by atoms with Gasteiger partial charge >= 0.3 is 23.7 Å². The van der Waals surface area contributed by atoms with Crippen molar-refractivity contribution in [2.75, 3.05) is 11.9 Å². The number of amides is 1. The van der Waals surface area contributed by atoms with Gasteiger partial charge in [0.25, 0.3) is 0 Å². The third-order valence-corrected chi connectivity index (χ3v) is 4.41. The SMILES string of the molecule is CCCCCOC(=O)Nc1nc(=O)n([C@H]2O[C@@H](C)[C@H](OC(C)=O)[C@@H]2OC(C)=O)cc1F. The van der Waals surface area contributed by atoms with Crippen molar-refractivity contribution in [2.45, 2.75) is 71.5 Å². The maximum Gasteiger partial charge on any atom is 0.412 e. The molecule has 0 unspecified atom stereocenters. The highest BCUT2D eigenvalue weighted by Gasteiger charge is 2.48. The van der Waals surface area contributed by atoms with Crippen molar-refractivity contribution in [3.8, 4) is 0 Å². The smallest absolute Gasteiger partial charge is 0.412 e. The van der Waals surface area contributed by atoms with Crippen LogP contribution in [0.3, 0.4) is 0 Å². The van der Waals surface area contributed by atoms with Crippen molar-refractivity contribution in [1.82, 2.24) is 9.55 Å². The van der Waals surface area contributed by atoms with E-state index in [9.17, 15) is 23.6 Å². The summed E-state index contributed by atoms with van der Waals surface area (Å²) in [5, 5.41) is 2.08.